The van der Waals surface area contributed by atoms with Crippen LogP contribution in [0.4, 0.5) is 11.4 Å². The molecular weight excluding hydrogens is 198 g/mol. The molecule has 3 nitrogen and oxygen atoms in total. The second kappa shape index (κ2) is 4.05. The van der Waals surface area contributed by atoms with Gasteiger partial charge in [0.25, 0.3) is 0 Å². The Bertz CT molecular complexity index is 429. The third-order valence-electron chi connectivity index (χ3n) is 3.48. The minimum absolute atomic E-state index is 0.548. The van der Waals surface area contributed by atoms with Crippen LogP contribution in [0.5, 0.6) is 0 Å². The summed E-state index contributed by atoms with van der Waals surface area (Å²) in [5.41, 5.74) is 8.02. The molecular formula is C13H17N3. The van der Waals surface area contributed by atoms with Gasteiger partial charge in [-0.05, 0) is 43.9 Å². The van der Waals surface area contributed by atoms with Gasteiger partial charge in [0.15, 0.2) is 0 Å². The first-order valence-corrected chi connectivity index (χ1v) is 5.66. The maximum atomic E-state index is 8.81. The van der Waals surface area contributed by atoms with Crippen LogP contribution in [0.3, 0.4) is 0 Å². The van der Waals surface area contributed by atoms with Gasteiger partial charge in [-0.15, -0.1) is 0 Å². The number of nitriles is 1. The molecule has 0 aromatic heterocycles. The van der Waals surface area contributed by atoms with Gasteiger partial charge in [-0.2, -0.15) is 5.26 Å². The number of nitrogens with zero attached hydrogens (tertiary/aromatic N) is 2. The van der Waals surface area contributed by atoms with Crippen LogP contribution in [0.15, 0.2) is 18.2 Å². The zero-order valence-electron chi connectivity index (χ0n) is 9.77. The lowest BCUT2D eigenvalue weighted by molar-refractivity contribution is 0.609. The molecule has 1 fully saturated rings. The number of anilines is 2. The molecule has 1 aromatic carbocycles. The van der Waals surface area contributed by atoms with Crippen molar-refractivity contribution in [2.75, 3.05) is 17.7 Å². The highest BCUT2D eigenvalue weighted by Crippen LogP contribution is 2.36. The average molecular weight is 215 g/mol. The molecule has 1 aliphatic carbocycles. The number of benzene rings is 1. The van der Waals surface area contributed by atoms with Crippen LogP contribution in [0.2, 0.25) is 0 Å². The van der Waals surface area contributed by atoms with Gasteiger partial charge < -0.3 is 10.6 Å². The summed E-state index contributed by atoms with van der Waals surface area (Å²) >= 11 is 0. The topological polar surface area (TPSA) is 53.0 Å². The molecule has 2 N–H and O–H groups in total. The van der Waals surface area contributed by atoms with Crippen LogP contribution in [-0.4, -0.2) is 13.1 Å². The second-order valence-corrected chi connectivity index (χ2v) is 4.57. The molecule has 0 aliphatic heterocycles. The lowest BCUT2D eigenvalue weighted by Crippen LogP contribution is -2.30. The van der Waals surface area contributed by atoms with Gasteiger partial charge in [-0.25, -0.2) is 0 Å². The zero-order chi connectivity index (χ0) is 11.7. The first kappa shape index (κ1) is 10.8. The van der Waals surface area contributed by atoms with Crippen LogP contribution < -0.4 is 10.6 Å². The maximum absolute atomic E-state index is 8.81. The predicted octanol–water partition coefficient (Wildman–Crippen LogP) is 2.38. The maximum Gasteiger partial charge on any atom is 0.101 e. The largest absolute Gasteiger partial charge is 0.398 e. The highest BCUT2D eigenvalue weighted by Gasteiger charge is 2.30. The van der Waals surface area contributed by atoms with E-state index >= 15 is 0 Å². The van der Waals surface area contributed by atoms with Crippen LogP contribution in [0.25, 0.3) is 0 Å². The molecule has 0 bridgehead atoms. The molecule has 1 aromatic rings. The van der Waals surface area contributed by atoms with E-state index in [0.717, 1.165) is 11.6 Å². The van der Waals surface area contributed by atoms with Crippen molar-refractivity contribution < 1.29 is 0 Å². The van der Waals surface area contributed by atoms with Gasteiger partial charge in [0.1, 0.15) is 6.07 Å². The second-order valence-electron chi connectivity index (χ2n) is 4.57. The highest BCUT2D eigenvalue weighted by atomic mass is 15.1. The first-order valence-electron chi connectivity index (χ1n) is 5.66. The molecule has 1 unspecified atom stereocenters. The molecule has 1 saturated carbocycles. The van der Waals surface area contributed by atoms with E-state index in [-0.39, 0.29) is 0 Å². The number of rotatable bonds is 3. The van der Waals surface area contributed by atoms with Crippen LogP contribution in [0, 0.1) is 17.2 Å². The van der Waals surface area contributed by atoms with Gasteiger partial charge >= 0.3 is 0 Å². The average Bonchev–Trinajstić information content (AvgIpc) is 3.11. The Morgan fingerprint density at radius 2 is 2.19 bits per heavy atom. The Labute approximate surface area is 96.5 Å². The number of hydrogen-bond donors (Lipinski definition) is 1. The quantitative estimate of drug-likeness (QED) is 0.787. The van der Waals surface area contributed by atoms with E-state index in [9.17, 15) is 0 Å². The summed E-state index contributed by atoms with van der Waals surface area (Å²) in [5.74, 6) is 0.821. The minimum Gasteiger partial charge on any atom is -0.398 e. The van der Waals surface area contributed by atoms with Crippen molar-refractivity contribution in [2.45, 2.75) is 25.8 Å². The summed E-state index contributed by atoms with van der Waals surface area (Å²) in [4.78, 5) is 2.25. The number of nitrogen functional groups attached to an aromatic ring is 1. The summed E-state index contributed by atoms with van der Waals surface area (Å²) in [5, 5.41) is 8.81. The monoisotopic (exact) mass is 215 g/mol. The van der Waals surface area contributed by atoms with Crippen molar-refractivity contribution in [3.8, 4) is 6.07 Å². The molecule has 1 aliphatic rings. The van der Waals surface area contributed by atoms with Crippen LogP contribution in [0.1, 0.15) is 25.3 Å². The lowest BCUT2D eigenvalue weighted by Gasteiger charge is -2.27. The molecule has 3 heteroatoms. The van der Waals surface area contributed by atoms with Gasteiger partial charge in [-0.3, -0.25) is 0 Å². The van der Waals surface area contributed by atoms with E-state index in [1.807, 2.05) is 12.1 Å². The molecule has 0 spiro atoms. The van der Waals surface area contributed by atoms with Crippen molar-refractivity contribution in [1.29, 1.82) is 5.26 Å². The first-order chi connectivity index (χ1) is 7.63. The molecule has 0 radical (unpaired) electrons. The van der Waals surface area contributed by atoms with E-state index in [1.54, 1.807) is 6.07 Å². The molecule has 2 rings (SSSR count). The zero-order valence-corrected chi connectivity index (χ0v) is 9.77. The van der Waals surface area contributed by atoms with Crippen molar-refractivity contribution >= 4 is 11.4 Å². The molecule has 16 heavy (non-hydrogen) atoms. The Balaban J connectivity index is 2.20. The molecule has 0 heterocycles. The van der Waals surface area contributed by atoms with E-state index in [0.29, 0.717) is 17.3 Å². The van der Waals surface area contributed by atoms with Crippen molar-refractivity contribution in [2.24, 2.45) is 5.92 Å². The fraction of sp³-hybridized carbons (Fsp3) is 0.462. The SMILES string of the molecule is CC(C1CC1)N(C)c1ccc(C#N)c(N)c1. The van der Waals surface area contributed by atoms with Gasteiger partial charge in [0.2, 0.25) is 0 Å². The normalized spacial score (nSPS) is 16.6. The summed E-state index contributed by atoms with van der Waals surface area (Å²) < 4.78 is 0. The van der Waals surface area contributed by atoms with Crippen molar-refractivity contribution in [3.63, 3.8) is 0 Å². The fourth-order valence-corrected chi connectivity index (χ4v) is 2.00. The summed E-state index contributed by atoms with van der Waals surface area (Å²) in [6, 6.07) is 8.28. The van der Waals surface area contributed by atoms with Crippen LogP contribution >= 0.6 is 0 Å². The van der Waals surface area contributed by atoms with E-state index in [1.165, 1.54) is 12.8 Å². The number of hydrogen-bond acceptors (Lipinski definition) is 3. The Morgan fingerprint density at radius 3 is 2.69 bits per heavy atom. The summed E-state index contributed by atoms with van der Waals surface area (Å²) in [6.45, 7) is 2.24. The minimum atomic E-state index is 0.548. The lowest BCUT2D eigenvalue weighted by atomic mass is 10.1. The standard InChI is InChI=1S/C13H17N3/c1-9(10-3-4-10)16(2)12-6-5-11(8-14)13(15)7-12/h5-7,9-10H,3-4,15H2,1-2H3. The van der Waals surface area contributed by atoms with Gasteiger partial charge in [-0.1, -0.05) is 0 Å². The molecule has 0 saturated heterocycles. The van der Waals surface area contributed by atoms with Gasteiger partial charge in [0.05, 0.1) is 11.3 Å². The van der Waals surface area contributed by atoms with Gasteiger partial charge in [0, 0.05) is 18.8 Å². The van der Waals surface area contributed by atoms with E-state index in [4.69, 9.17) is 11.0 Å². The van der Waals surface area contributed by atoms with Crippen LogP contribution in [-0.2, 0) is 0 Å². The van der Waals surface area contributed by atoms with Crippen molar-refractivity contribution in [1.82, 2.24) is 0 Å². The molecule has 0 amide bonds. The highest BCUT2D eigenvalue weighted by molar-refractivity contribution is 5.63. The Kier molecular flexibility index (Phi) is 2.74. The summed E-state index contributed by atoms with van der Waals surface area (Å²) in [6.07, 6.45) is 2.66. The third-order valence-corrected chi connectivity index (χ3v) is 3.48. The van der Waals surface area contributed by atoms with Crippen molar-refractivity contribution in [3.05, 3.63) is 23.8 Å². The van der Waals surface area contributed by atoms with E-state index in [2.05, 4.69) is 24.9 Å². The molecule has 84 valence electrons. The third kappa shape index (κ3) is 1.96. The predicted molar refractivity (Wildman–Crippen MR) is 66.2 cm³/mol. The number of nitrogens with two attached hydrogens (primary N) is 1. The Hall–Kier alpha value is -1.69. The summed E-state index contributed by atoms with van der Waals surface area (Å²) in [7, 11) is 2.09. The fourth-order valence-electron chi connectivity index (χ4n) is 2.00. The smallest absolute Gasteiger partial charge is 0.101 e. The van der Waals surface area contributed by atoms with E-state index < -0.39 is 0 Å². The molecule has 1 atom stereocenters. The Morgan fingerprint density at radius 1 is 1.50 bits per heavy atom.